The van der Waals surface area contributed by atoms with Crippen molar-refractivity contribution in [2.75, 3.05) is 0 Å². The number of unbranched alkanes of at least 4 members (excludes halogenated alkanes) is 2. The molecule has 0 atom stereocenters. The molecule has 0 aliphatic rings. The van der Waals surface area contributed by atoms with Gasteiger partial charge >= 0.3 is 73.4 Å². The second kappa shape index (κ2) is 4.63. The summed E-state index contributed by atoms with van der Waals surface area (Å²) in [6.07, 6.45) is 4.81. The van der Waals surface area contributed by atoms with Gasteiger partial charge in [-0.3, -0.25) is 0 Å². The Morgan fingerprint density at radius 3 is 2.82 bits per heavy atom. The maximum atomic E-state index is 9.33. The standard InChI is InChI=1S/C9H14OSe/c1-2-3-4-5-8-6-7-11-9(8)10/h6-7,10H,2-5H2,1H3. The average molecular weight is 217 g/mol. The molecule has 1 nitrogen and oxygen atoms in total. The summed E-state index contributed by atoms with van der Waals surface area (Å²) in [6, 6.07) is 2.07. The molecule has 1 aromatic rings. The van der Waals surface area contributed by atoms with E-state index in [1.54, 1.807) is 0 Å². The van der Waals surface area contributed by atoms with Gasteiger partial charge in [0.1, 0.15) is 0 Å². The van der Waals surface area contributed by atoms with E-state index in [2.05, 4.69) is 17.9 Å². The Labute approximate surface area is 73.8 Å². The summed E-state index contributed by atoms with van der Waals surface area (Å²) < 4.78 is 0.647. The van der Waals surface area contributed by atoms with Crippen LogP contribution in [-0.4, -0.2) is 19.6 Å². The number of aromatic hydroxyl groups is 1. The van der Waals surface area contributed by atoms with Crippen LogP contribution >= 0.6 is 0 Å². The molecule has 2 heteroatoms. The number of aryl methyl sites for hydroxylation is 1. The monoisotopic (exact) mass is 218 g/mol. The van der Waals surface area contributed by atoms with Gasteiger partial charge in [0.2, 0.25) is 0 Å². The molecule has 1 aromatic heterocycles. The fourth-order valence-corrected chi connectivity index (χ4v) is 2.52. The molecule has 1 rings (SSSR count). The van der Waals surface area contributed by atoms with Crippen molar-refractivity contribution in [1.29, 1.82) is 0 Å². The van der Waals surface area contributed by atoms with E-state index in [-0.39, 0.29) is 14.5 Å². The predicted molar refractivity (Wildman–Crippen MR) is 48.3 cm³/mol. The summed E-state index contributed by atoms with van der Waals surface area (Å²) in [5, 5.41) is 9.33. The molecule has 0 aliphatic heterocycles. The molecule has 0 aliphatic carbocycles. The van der Waals surface area contributed by atoms with Crippen molar-refractivity contribution in [3.63, 3.8) is 0 Å². The van der Waals surface area contributed by atoms with E-state index in [1.807, 2.05) is 0 Å². The van der Waals surface area contributed by atoms with Gasteiger partial charge in [-0.05, 0) is 0 Å². The fraction of sp³-hybridized carbons (Fsp3) is 0.556. The second-order valence-corrected chi connectivity index (χ2v) is 4.58. The third-order valence-electron chi connectivity index (χ3n) is 1.77. The zero-order valence-corrected chi connectivity index (χ0v) is 8.55. The van der Waals surface area contributed by atoms with E-state index in [0.717, 1.165) is 6.42 Å². The average Bonchev–Trinajstić information content (AvgIpc) is 2.37. The number of hydrogen-bond donors (Lipinski definition) is 1. The summed E-state index contributed by atoms with van der Waals surface area (Å²) in [5.41, 5.74) is 1.18. The molecule has 0 saturated carbocycles. The van der Waals surface area contributed by atoms with E-state index in [0.29, 0.717) is 4.62 Å². The van der Waals surface area contributed by atoms with Gasteiger partial charge in [-0.25, -0.2) is 0 Å². The minimum absolute atomic E-state index is 0.252. The predicted octanol–water partition coefficient (Wildman–Crippen LogP) is 2.18. The van der Waals surface area contributed by atoms with Crippen molar-refractivity contribution in [3.8, 4) is 4.62 Å². The minimum atomic E-state index is 0.252. The van der Waals surface area contributed by atoms with E-state index in [4.69, 9.17) is 0 Å². The van der Waals surface area contributed by atoms with Gasteiger partial charge in [-0.2, -0.15) is 0 Å². The van der Waals surface area contributed by atoms with Gasteiger partial charge in [-0.15, -0.1) is 0 Å². The van der Waals surface area contributed by atoms with Gasteiger partial charge in [0.05, 0.1) is 0 Å². The Morgan fingerprint density at radius 2 is 2.27 bits per heavy atom. The van der Waals surface area contributed by atoms with E-state index < -0.39 is 0 Å². The molecule has 1 N–H and O–H groups in total. The SMILES string of the molecule is CCCCCc1cc[se]c1O. The topological polar surface area (TPSA) is 20.2 Å². The summed E-state index contributed by atoms with van der Waals surface area (Å²) in [5.74, 6) is 0. The first-order chi connectivity index (χ1) is 5.34. The van der Waals surface area contributed by atoms with Crippen LogP contribution in [0.15, 0.2) is 11.0 Å². The molecule has 0 spiro atoms. The molecule has 0 aromatic carbocycles. The van der Waals surface area contributed by atoms with Crippen LogP contribution in [0, 0.1) is 0 Å². The van der Waals surface area contributed by atoms with Crippen molar-refractivity contribution in [2.45, 2.75) is 32.6 Å². The molecular weight excluding hydrogens is 203 g/mol. The van der Waals surface area contributed by atoms with E-state index in [9.17, 15) is 5.11 Å². The molecule has 0 bridgehead atoms. The molecule has 1 heterocycles. The zero-order valence-electron chi connectivity index (χ0n) is 6.84. The van der Waals surface area contributed by atoms with Crippen molar-refractivity contribution in [1.82, 2.24) is 0 Å². The molecule has 0 unspecified atom stereocenters. The molecule has 62 valence electrons. The Kier molecular flexibility index (Phi) is 3.74. The maximum absolute atomic E-state index is 9.33. The first kappa shape index (κ1) is 8.89. The molecule has 0 amide bonds. The van der Waals surface area contributed by atoms with Crippen LogP contribution in [0.5, 0.6) is 4.62 Å². The number of hydrogen-bond acceptors (Lipinski definition) is 1. The first-order valence-corrected chi connectivity index (χ1v) is 5.94. The van der Waals surface area contributed by atoms with E-state index in [1.165, 1.54) is 24.8 Å². The summed E-state index contributed by atoms with van der Waals surface area (Å²) in [4.78, 5) is 2.09. The van der Waals surface area contributed by atoms with Crippen LogP contribution in [0.4, 0.5) is 0 Å². The van der Waals surface area contributed by atoms with Gasteiger partial charge < -0.3 is 0 Å². The van der Waals surface area contributed by atoms with Gasteiger partial charge in [0.25, 0.3) is 0 Å². The molecule has 0 fully saturated rings. The van der Waals surface area contributed by atoms with Crippen molar-refractivity contribution in [3.05, 3.63) is 16.6 Å². The molecule has 0 saturated heterocycles. The quantitative estimate of drug-likeness (QED) is 0.605. The number of rotatable bonds is 4. The summed E-state index contributed by atoms with van der Waals surface area (Å²) >= 11 is 0.252. The van der Waals surface area contributed by atoms with Gasteiger partial charge in [0.15, 0.2) is 0 Å². The third-order valence-corrected chi connectivity index (χ3v) is 3.36. The second-order valence-electron chi connectivity index (χ2n) is 2.71. The Balaban J connectivity index is 2.32. The molecule has 11 heavy (non-hydrogen) atoms. The molecule has 0 radical (unpaired) electrons. The normalized spacial score (nSPS) is 10.3. The van der Waals surface area contributed by atoms with Gasteiger partial charge in [0, 0.05) is 0 Å². The molecular formula is C9H14OSe. The van der Waals surface area contributed by atoms with Crippen LogP contribution in [0.2, 0.25) is 0 Å². The van der Waals surface area contributed by atoms with Crippen LogP contribution in [-0.2, 0) is 6.42 Å². The van der Waals surface area contributed by atoms with Crippen molar-refractivity contribution >= 4 is 14.5 Å². The first-order valence-electron chi connectivity index (χ1n) is 4.10. The third kappa shape index (κ3) is 2.72. The Morgan fingerprint density at radius 1 is 1.45 bits per heavy atom. The van der Waals surface area contributed by atoms with E-state index >= 15 is 0 Å². The summed E-state index contributed by atoms with van der Waals surface area (Å²) in [7, 11) is 0. The van der Waals surface area contributed by atoms with Crippen LogP contribution in [0.3, 0.4) is 0 Å². The van der Waals surface area contributed by atoms with Crippen molar-refractivity contribution < 1.29 is 5.11 Å². The fourth-order valence-electron chi connectivity index (χ4n) is 1.08. The zero-order chi connectivity index (χ0) is 8.10. The Bertz CT molecular complexity index is 205. The van der Waals surface area contributed by atoms with Crippen LogP contribution < -0.4 is 0 Å². The Hall–Kier alpha value is -0.201. The van der Waals surface area contributed by atoms with Crippen LogP contribution in [0.1, 0.15) is 31.7 Å². The van der Waals surface area contributed by atoms with Crippen LogP contribution in [0.25, 0.3) is 0 Å². The van der Waals surface area contributed by atoms with Gasteiger partial charge in [-0.1, -0.05) is 0 Å². The summed E-state index contributed by atoms with van der Waals surface area (Å²) in [6.45, 7) is 2.20. The van der Waals surface area contributed by atoms with Crippen molar-refractivity contribution in [2.24, 2.45) is 0 Å².